The molecule has 0 nitrogen and oxygen atoms in total. The Kier molecular flexibility index (Phi) is 5.46. The van der Waals surface area contributed by atoms with Crippen molar-refractivity contribution in [3.8, 4) is 0 Å². The molecule has 0 N–H and O–H groups in total. The fourth-order valence-corrected chi connectivity index (χ4v) is 6.04. The fourth-order valence-electron chi connectivity index (χ4n) is 0.224. The normalized spacial score (nSPS) is 11.9. The standard InChI is InChI=1S/C3H9PS4/c1-6-4(5,7-2)8-3/h1-3H3. The molecule has 0 aromatic carbocycles. The van der Waals surface area contributed by atoms with Gasteiger partial charge in [0.1, 0.15) is 3.64 Å². The minimum absolute atomic E-state index is 1.08. The molecule has 0 heterocycles. The molecule has 0 fully saturated rings. The molecule has 8 heavy (non-hydrogen) atoms. The first kappa shape index (κ1) is 9.70. The van der Waals surface area contributed by atoms with E-state index in [4.69, 9.17) is 11.8 Å². The first-order chi connectivity index (χ1) is 3.68. The van der Waals surface area contributed by atoms with Crippen LogP contribution in [0.5, 0.6) is 0 Å². The Hall–Kier alpha value is 1.70. The summed E-state index contributed by atoms with van der Waals surface area (Å²) in [5.74, 6) is 0. The maximum Gasteiger partial charge on any atom is 0.108 e. The molecule has 0 unspecified atom stereocenters. The average Bonchev–Trinajstić information content (AvgIpc) is 1.87. The molecule has 0 aliphatic carbocycles. The zero-order chi connectivity index (χ0) is 6.62. The van der Waals surface area contributed by atoms with E-state index in [1.807, 2.05) is 34.1 Å². The Labute approximate surface area is 68.2 Å². The highest BCUT2D eigenvalue weighted by Gasteiger charge is 2.09. The minimum Gasteiger partial charge on any atom is -0.108 e. The molecule has 50 valence electrons. The van der Waals surface area contributed by atoms with Crippen molar-refractivity contribution in [2.75, 3.05) is 18.8 Å². The summed E-state index contributed by atoms with van der Waals surface area (Å²) >= 11 is 10.8. The van der Waals surface area contributed by atoms with E-state index in [1.54, 1.807) is 0 Å². The topological polar surface area (TPSA) is 0 Å². The number of hydrogen-bond acceptors (Lipinski definition) is 4. The van der Waals surface area contributed by atoms with Crippen molar-refractivity contribution in [2.45, 2.75) is 0 Å². The lowest BCUT2D eigenvalue weighted by Crippen LogP contribution is -1.54. The van der Waals surface area contributed by atoms with Gasteiger partial charge in [-0.3, -0.25) is 0 Å². The van der Waals surface area contributed by atoms with Crippen molar-refractivity contribution in [1.29, 1.82) is 0 Å². The van der Waals surface area contributed by atoms with Crippen LogP contribution in [0, 0.1) is 0 Å². The third-order valence-corrected chi connectivity index (χ3v) is 18.1. The molecule has 0 atom stereocenters. The second-order valence-electron chi connectivity index (χ2n) is 0.995. The van der Waals surface area contributed by atoms with Crippen LogP contribution in [-0.2, 0) is 11.8 Å². The van der Waals surface area contributed by atoms with Gasteiger partial charge < -0.3 is 0 Å². The van der Waals surface area contributed by atoms with Crippen LogP contribution in [0.25, 0.3) is 0 Å². The van der Waals surface area contributed by atoms with Crippen LogP contribution in [0.4, 0.5) is 0 Å². The molecule has 0 saturated carbocycles. The Balaban J connectivity index is 3.79. The minimum atomic E-state index is -1.08. The van der Waals surface area contributed by atoms with E-state index in [0.717, 1.165) is 0 Å². The van der Waals surface area contributed by atoms with E-state index >= 15 is 0 Å². The average molecular weight is 204 g/mol. The molecule has 0 amide bonds. The van der Waals surface area contributed by atoms with Crippen molar-refractivity contribution in [1.82, 2.24) is 0 Å². The van der Waals surface area contributed by atoms with Crippen LogP contribution in [0.3, 0.4) is 0 Å². The Morgan fingerprint density at radius 2 is 1.25 bits per heavy atom. The fraction of sp³-hybridized carbons (Fsp3) is 1.00. The lowest BCUT2D eigenvalue weighted by molar-refractivity contribution is 2.53. The molecule has 0 spiro atoms. The smallest absolute Gasteiger partial charge is 0.108 e. The second kappa shape index (κ2) is 4.51. The monoisotopic (exact) mass is 204 g/mol. The molecule has 0 aromatic heterocycles. The van der Waals surface area contributed by atoms with Crippen molar-refractivity contribution in [2.24, 2.45) is 0 Å². The Morgan fingerprint density at radius 1 is 1.00 bits per heavy atom. The summed E-state index contributed by atoms with van der Waals surface area (Å²) < 4.78 is -1.08. The van der Waals surface area contributed by atoms with E-state index in [1.165, 1.54) is 0 Å². The van der Waals surface area contributed by atoms with Crippen LogP contribution in [0.1, 0.15) is 0 Å². The van der Waals surface area contributed by atoms with Crippen molar-refractivity contribution >= 4 is 49.6 Å². The molecule has 0 aliphatic rings. The van der Waals surface area contributed by atoms with Gasteiger partial charge >= 0.3 is 0 Å². The van der Waals surface area contributed by atoms with Crippen LogP contribution in [-0.4, -0.2) is 18.8 Å². The summed E-state index contributed by atoms with van der Waals surface area (Å²) in [5, 5.41) is 0. The summed E-state index contributed by atoms with van der Waals surface area (Å²) in [6.45, 7) is 0. The van der Waals surface area contributed by atoms with Gasteiger partial charge in [-0.2, -0.15) is 0 Å². The summed E-state index contributed by atoms with van der Waals surface area (Å²) in [5.41, 5.74) is 0. The van der Waals surface area contributed by atoms with E-state index < -0.39 is 3.64 Å². The summed E-state index contributed by atoms with van der Waals surface area (Å²) in [7, 11) is 0. The van der Waals surface area contributed by atoms with E-state index in [-0.39, 0.29) is 0 Å². The second-order valence-corrected chi connectivity index (χ2v) is 17.0. The molecule has 0 rings (SSSR count). The van der Waals surface area contributed by atoms with Crippen LogP contribution in [0.15, 0.2) is 0 Å². The maximum absolute atomic E-state index is 5.31. The van der Waals surface area contributed by atoms with Gasteiger partial charge in [-0.25, -0.2) is 0 Å². The molecule has 0 aliphatic heterocycles. The maximum atomic E-state index is 5.31. The highest BCUT2D eigenvalue weighted by molar-refractivity contribution is 9.22. The molecular weight excluding hydrogens is 195 g/mol. The van der Waals surface area contributed by atoms with Gasteiger partial charge in [0.15, 0.2) is 0 Å². The predicted molar refractivity (Wildman–Crippen MR) is 54.8 cm³/mol. The zero-order valence-corrected chi connectivity index (χ0v) is 9.24. The van der Waals surface area contributed by atoms with Gasteiger partial charge in [-0.15, -0.1) is 34.1 Å². The van der Waals surface area contributed by atoms with Gasteiger partial charge in [0.2, 0.25) is 0 Å². The molecular formula is C3H9PS4. The predicted octanol–water partition coefficient (Wildman–Crippen LogP) is 3.30. The van der Waals surface area contributed by atoms with Crippen LogP contribution in [0.2, 0.25) is 0 Å². The molecule has 0 radical (unpaired) electrons. The summed E-state index contributed by atoms with van der Waals surface area (Å²) in [4.78, 5) is 0. The molecule has 5 heteroatoms. The lowest BCUT2D eigenvalue weighted by atomic mass is 12.0. The van der Waals surface area contributed by atoms with Gasteiger partial charge in [0.25, 0.3) is 0 Å². The summed E-state index contributed by atoms with van der Waals surface area (Å²) in [6.07, 6.45) is 6.27. The van der Waals surface area contributed by atoms with Gasteiger partial charge in [-0.05, 0) is 18.8 Å². The number of hydrogen-bond donors (Lipinski definition) is 0. The van der Waals surface area contributed by atoms with Crippen molar-refractivity contribution in [3.05, 3.63) is 0 Å². The van der Waals surface area contributed by atoms with Gasteiger partial charge in [0.05, 0.1) is 0 Å². The van der Waals surface area contributed by atoms with Crippen molar-refractivity contribution < 1.29 is 0 Å². The lowest BCUT2D eigenvalue weighted by Gasteiger charge is -2.11. The van der Waals surface area contributed by atoms with E-state index in [9.17, 15) is 0 Å². The van der Waals surface area contributed by atoms with E-state index in [2.05, 4.69) is 18.8 Å². The number of rotatable bonds is 3. The zero-order valence-electron chi connectivity index (χ0n) is 5.08. The third-order valence-electron chi connectivity index (χ3n) is 0.671. The van der Waals surface area contributed by atoms with Crippen LogP contribution >= 0.6 is 37.8 Å². The highest BCUT2D eigenvalue weighted by Crippen LogP contribution is 2.75. The first-order valence-corrected chi connectivity index (χ1v) is 10.2. The Morgan fingerprint density at radius 3 is 1.25 bits per heavy atom. The van der Waals surface area contributed by atoms with Crippen molar-refractivity contribution in [3.63, 3.8) is 0 Å². The van der Waals surface area contributed by atoms with E-state index in [0.29, 0.717) is 0 Å². The quantitative estimate of drug-likeness (QED) is 0.647. The molecule has 0 aromatic rings. The highest BCUT2D eigenvalue weighted by atomic mass is 33.5. The SMILES string of the molecule is CSP(=S)(SC)SC. The van der Waals surface area contributed by atoms with Gasteiger partial charge in [-0.1, -0.05) is 11.8 Å². The molecule has 0 bridgehead atoms. The Bertz CT molecular complexity index is 82.4. The van der Waals surface area contributed by atoms with Gasteiger partial charge in [0, 0.05) is 0 Å². The van der Waals surface area contributed by atoms with Crippen LogP contribution < -0.4 is 0 Å². The largest absolute Gasteiger partial charge is 0.108 e. The molecule has 0 saturated heterocycles. The third kappa shape index (κ3) is 3.02. The first-order valence-electron chi connectivity index (χ1n) is 1.96. The summed E-state index contributed by atoms with van der Waals surface area (Å²) in [6, 6.07) is 0.